The first-order chi connectivity index (χ1) is 4.68. The molecule has 1 rings (SSSR count). The number of nitriles is 1. The van der Waals surface area contributed by atoms with Gasteiger partial charge in [-0.15, -0.1) is 0 Å². The maximum absolute atomic E-state index is 8.65. The first-order valence-corrected chi connectivity index (χ1v) is 6.13. The smallest absolute Gasteiger partial charge is 0.191 e. The zero-order chi connectivity index (χ0) is 7.61. The molecule has 0 unspecified atom stereocenters. The molecule has 1 aliphatic rings. The van der Waals surface area contributed by atoms with Crippen LogP contribution < -0.4 is 0 Å². The summed E-state index contributed by atoms with van der Waals surface area (Å²) >= 11 is 0. The summed E-state index contributed by atoms with van der Waals surface area (Å²) in [6.45, 7) is 5.01. The summed E-state index contributed by atoms with van der Waals surface area (Å²) < 4.78 is 10.4. The number of nitrogens with zero attached hydrogens (tertiary/aromatic N) is 1. The summed E-state index contributed by atoms with van der Waals surface area (Å²) in [5.41, 5.74) is -0.569. The van der Waals surface area contributed by atoms with Gasteiger partial charge in [-0.2, -0.15) is 5.26 Å². The van der Waals surface area contributed by atoms with E-state index < -0.39 is 14.6 Å². The lowest BCUT2D eigenvalue weighted by atomic mass is 10.1. The number of ether oxygens (including phenoxy) is 1. The molecule has 0 spiro atoms. The molecular weight excluding hydrogens is 146 g/mol. The summed E-state index contributed by atoms with van der Waals surface area (Å²) in [5.74, 6) is 0. The van der Waals surface area contributed by atoms with Crippen molar-refractivity contribution in [2.24, 2.45) is 0 Å². The van der Waals surface area contributed by atoms with E-state index in [-0.39, 0.29) is 0 Å². The standard InChI is InChI=1S/C6H11NO2Si/c1-10(2)9-6(3-7)4-8-5-6/h10H,4-5H2,1-2H3. The van der Waals surface area contributed by atoms with E-state index in [9.17, 15) is 0 Å². The third kappa shape index (κ3) is 1.37. The highest BCUT2D eigenvalue weighted by atomic mass is 28.3. The van der Waals surface area contributed by atoms with E-state index in [4.69, 9.17) is 14.4 Å². The highest BCUT2D eigenvalue weighted by molar-refractivity contribution is 6.48. The van der Waals surface area contributed by atoms with Gasteiger partial charge in [0.25, 0.3) is 0 Å². The monoisotopic (exact) mass is 157 g/mol. The van der Waals surface area contributed by atoms with Crippen molar-refractivity contribution in [2.45, 2.75) is 18.7 Å². The van der Waals surface area contributed by atoms with Crippen LogP contribution in [-0.4, -0.2) is 27.9 Å². The molecule has 0 atom stereocenters. The Morgan fingerprint density at radius 1 is 1.60 bits per heavy atom. The van der Waals surface area contributed by atoms with Gasteiger partial charge in [-0.25, -0.2) is 0 Å². The molecular formula is C6H11NO2Si. The van der Waals surface area contributed by atoms with Gasteiger partial charge in [-0.1, -0.05) is 0 Å². The second-order valence-electron chi connectivity index (χ2n) is 2.77. The second-order valence-corrected chi connectivity index (χ2v) is 5.10. The van der Waals surface area contributed by atoms with Gasteiger partial charge < -0.3 is 9.16 Å². The van der Waals surface area contributed by atoms with Gasteiger partial charge in [0, 0.05) is 0 Å². The lowest BCUT2D eigenvalue weighted by Gasteiger charge is -2.36. The zero-order valence-corrected chi connectivity index (χ0v) is 7.41. The summed E-state index contributed by atoms with van der Waals surface area (Å²) in [5, 5.41) is 8.65. The van der Waals surface area contributed by atoms with Crippen LogP contribution in [-0.2, 0) is 9.16 Å². The van der Waals surface area contributed by atoms with Crippen LogP contribution in [0.4, 0.5) is 0 Å². The van der Waals surface area contributed by atoms with E-state index in [1.54, 1.807) is 0 Å². The van der Waals surface area contributed by atoms with Crippen molar-refractivity contribution in [1.29, 1.82) is 5.26 Å². The quantitative estimate of drug-likeness (QED) is 0.541. The lowest BCUT2D eigenvalue weighted by molar-refractivity contribution is -0.128. The summed E-state index contributed by atoms with van der Waals surface area (Å²) in [7, 11) is -1.08. The summed E-state index contributed by atoms with van der Waals surface area (Å²) in [6, 6.07) is 2.13. The molecule has 1 aliphatic heterocycles. The zero-order valence-electron chi connectivity index (χ0n) is 6.26. The molecule has 0 aromatic rings. The molecule has 0 bridgehead atoms. The van der Waals surface area contributed by atoms with Crippen LogP contribution in [0.1, 0.15) is 0 Å². The van der Waals surface area contributed by atoms with E-state index >= 15 is 0 Å². The molecule has 0 amide bonds. The van der Waals surface area contributed by atoms with Gasteiger partial charge in [0.1, 0.15) is 6.07 Å². The first kappa shape index (κ1) is 7.73. The van der Waals surface area contributed by atoms with Crippen molar-refractivity contribution in [3.63, 3.8) is 0 Å². The first-order valence-electron chi connectivity index (χ1n) is 3.35. The number of hydrogen-bond acceptors (Lipinski definition) is 3. The molecule has 0 aromatic carbocycles. The van der Waals surface area contributed by atoms with Crippen molar-refractivity contribution in [1.82, 2.24) is 0 Å². The Morgan fingerprint density at radius 2 is 2.20 bits per heavy atom. The SMILES string of the molecule is C[SiH](C)OC1(C#N)COC1. The van der Waals surface area contributed by atoms with Crippen molar-refractivity contribution < 1.29 is 9.16 Å². The molecule has 4 heteroatoms. The fourth-order valence-electron chi connectivity index (χ4n) is 0.898. The van der Waals surface area contributed by atoms with E-state index in [2.05, 4.69) is 19.2 Å². The highest BCUT2D eigenvalue weighted by Gasteiger charge is 2.40. The normalized spacial score (nSPS) is 21.8. The predicted molar refractivity (Wildman–Crippen MR) is 39.1 cm³/mol. The molecule has 0 aromatic heterocycles. The molecule has 10 heavy (non-hydrogen) atoms. The highest BCUT2D eigenvalue weighted by Crippen LogP contribution is 2.21. The van der Waals surface area contributed by atoms with Gasteiger partial charge >= 0.3 is 0 Å². The maximum atomic E-state index is 8.65. The minimum Gasteiger partial charge on any atom is -0.400 e. The Kier molecular flexibility index (Phi) is 2.09. The van der Waals surface area contributed by atoms with E-state index in [0.29, 0.717) is 13.2 Å². The van der Waals surface area contributed by atoms with Crippen LogP contribution in [0.25, 0.3) is 0 Å². The fraction of sp³-hybridized carbons (Fsp3) is 0.833. The molecule has 0 radical (unpaired) electrons. The van der Waals surface area contributed by atoms with E-state index in [1.165, 1.54) is 0 Å². The largest absolute Gasteiger partial charge is 0.400 e. The summed E-state index contributed by atoms with van der Waals surface area (Å²) in [4.78, 5) is 0. The van der Waals surface area contributed by atoms with Crippen LogP contribution >= 0.6 is 0 Å². The average molecular weight is 157 g/mol. The second kappa shape index (κ2) is 2.70. The Morgan fingerprint density at radius 3 is 2.30 bits per heavy atom. The van der Waals surface area contributed by atoms with Crippen molar-refractivity contribution in [3.05, 3.63) is 0 Å². The Balaban J connectivity index is 2.43. The molecule has 0 aliphatic carbocycles. The topological polar surface area (TPSA) is 42.2 Å². The third-order valence-electron chi connectivity index (χ3n) is 1.34. The Labute approximate surface area is 62.3 Å². The van der Waals surface area contributed by atoms with Crippen LogP contribution in [0.15, 0.2) is 0 Å². The third-order valence-corrected chi connectivity index (χ3v) is 2.26. The van der Waals surface area contributed by atoms with E-state index in [0.717, 1.165) is 0 Å². The van der Waals surface area contributed by atoms with Crippen LogP contribution in [0.3, 0.4) is 0 Å². The Bertz CT molecular complexity index is 160. The predicted octanol–water partition coefficient (Wildman–Crippen LogP) is 0.279. The van der Waals surface area contributed by atoms with Gasteiger partial charge in [-0.3, -0.25) is 0 Å². The molecule has 0 saturated carbocycles. The minimum atomic E-state index is -1.08. The lowest BCUT2D eigenvalue weighted by Crippen LogP contribution is -2.52. The van der Waals surface area contributed by atoms with Gasteiger partial charge in [0.05, 0.1) is 13.2 Å². The Hall–Kier alpha value is -0.373. The van der Waals surface area contributed by atoms with Gasteiger partial charge in [-0.05, 0) is 13.1 Å². The molecule has 1 fully saturated rings. The number of hydrogen-bond donors (Lipinski definition) is 0. The fourth-order valence-corrected chi connectivity index (χ4v) is 1.99. The van der Waals surface area contributed by atoms with E-state index in [1.807, 2.05) is 0 Å². The van der Waals surface area contributed by atoms with Gasteiger partial charge in [0.2, 0.25) is 0 Å². The van der Waals surface area contributed by atoms with Crippen molar-refractivity contribution in [3.8, 4) is 6.07 Å². The summed E-state index contributed by atoms with van der Waals surface area (Å²) in [6.07, 6.45) is 0. The minimum absolute atomic E-state index is 0.453. The maximum Gasteiger partial charge on any atom is 0.191 e. The average Bonchev–Trinajstić information content (AvgIpc) is 1.78. The molecule has 0 N–H and O–H groups in total. The number of rotatable bonds is 2. The molecule has 3 nitrogen and oxygen atoms in total. The van der Waals surface area contributed by atoms with Crippen LogP contribution in [0.5, 0.6) is 0 Å². The van der Waals surface area contributed by atoms with Gasteiger partial charge in [0.15, 0.2) is 14.6 Å². The molecule has 1 saturated heterocycles. The van der Waals surface area contributed by atoms with Crippen molar-refractivity contribution >= 4 is 9.04 Å². The van der Waals surface area contributed by atoms with Crippen molar-refractivity contribution in [2.75, 3.05) is 13.2 Å². The van der Waals surface area contributed by atoms with Crippen LogP contribution in [0.2, 0.25) is 13.1 Å². The molecule has 56 valence electrons. The molecule has 1 heterocycles. The van der Waals surface area contributed by atoms with Crippen LogP contribution in [0, 0.1) is 11.3 Å².